The van der Waals surface area contributed by atoms with E-state index >= 15 is 0 Å². The van der Waals surface area contributed by atoms with Crippen molar-refractivity contribution in [3.63, 3.8) is 0 Å². The van der Waals surface area contributed by atoms with Gasteiger partial charge in [0.2, 0.25) is 0 Å². The Labute approximate surface area is 199 Å². The minimum atomic E-state index is -0.853. The Morgan fingerprint density at radius 2 is 1.79 bits per heavy atom. The molecule has 2 N–H and O–H groups in total. The zero-order valence-corrected chi connectivity index (χ0v) is 20.3. The summed E-state index contributed by atoms with van der Waals surface area (Å²) in [5.74, 6) is -0.164. The number of likely N-dealkylation sites (N-methyl/N-ethyl adjacent to an activating group) is 1. The van der Waals surface area contributed by atoms with Gasteiger partial charge >= 0.3 is 6.03 Å². The first kappa shape index (κ1) is 25.3. The fourth-order valence-corrected chi connectivity index (χ4v) is 4.39. The first-order chi connectivity index (χ1) is 16.2. The van der Waals surface area contributed by atoms with Gasteiger partial charge in [-0.15, -0.1) is 0 Å². The zero-order valence-electron chi connectivity index (χ0n) is 20.3. The van der Waals surface area contributed by atoms with Crippen LogP contribution >= 0.6 is 0 Å². The highest BCUT2D eigenvalue weighted by atomic mass is 16.5. The molecule has 1 aliphatic heterocycles. The summed E-state index contributed by atoms with van der Waals surface area (Å²) in [6, 6.07) is 4.22. The molecule has 10 heteroatoms. The summed E-state index contributed by atoms with van der Waals surface area (Å²) in [4.78, 5) is 53.0. The van der Waals surface area contributed by atoms with E-state index in [1.165, 1.54) is 18.1 Å². The van der Waals surface area contributed by atoms with Crippen molar-refractivity contribution in [3.05, 3.63) is 23.8 Å². The highest BCUT2D eigenvalue weighted by molar-refractivity contribution is 6.09. The van der Waals surface area contributed by atoms with Crippen LogP contribution in [0.5, 0.6) is 11.5 Å². The van der Waals surface area contributed by atoms with Crippen LogP contribution in [0.25, 0.3) is 0 Å². The molecule has 34 heavy (non-hydrogen) atoms. The number of nitrogens with one attached hydrogen (secondary N) is 2. The van der Waals surface area contributed by atoms with Crippen LogP contribution in [0.1, 0.15) is 62.7 Å². The smallest absolute Gasteiger partial charge is 0.327 e. The molecule has 2 fully saturated rings. The molecule has 10 nitrogen and oxygen atoms in total. The summed E-state index contributed by atoms with van der Waals surface area (Å²) in [5, 5.41) is 0. The van der Waals surface area contributed by atoms with Crippen LogP contribution in [0.15, 0.2) is 18.2 Å². The van der Waals surface area contributed by atoms with Crippen molar-refractivity contribution in [1.29, 1.82) is 0 Å². The van der Waals surface area contributed by atoms with Gasteiger partial charge in [-0.05, 0) is 43.4 Å². The Kier molecular flexibility index (Phi) is 8.01. The molecule has 0 radical (unpaired) electrons. The molecule has 0 aromatic heterocycles. The first-order valence-electron chi connectivity index (χ1n) is 11.7. The second-order valence-corrected chi connectivity index (χ2v) is 9.22. The highest BCUT2D eigenvalue weighted by Crippen LogP contribution is 2.39. The van der Waals surface area contributed by atoms with Gasteiger partial charge in [0, 0.05) is 12.6 Å². The number of nitrogens with zero attached hydrogens (tertiary/aromatic N) is 2. The standard InChI is InChI=1S/C24H34N4O6/c1-16(2)10-13-34-18-9-8-17(14-19(18)33-4)21(30)26-25-20(29)15-28-22(31)24(27(3)23(28)32)11-6-5-7-12-24/h8-9,14,16H,5-7,10-13,15H2,1-4H3,(H,25,29)(H,26,30). The molecule has 1 aromatic carbocycles. The highest BCUT2D eigenvalue weighted by Gasteiger charge is 2.55. The molecule has 0 atom stereocenters. The van der Waals surface area contributed by atoms with E-state index < -0.39 is 29.9 Å². The number of rotatable bonds is 8. The van der Waals surface area contributed by atoms with Crippen LogP contribution in [0.3, 0.4) is 0 Å². The third-order valence-corrected chi connectivity index (χ3v) is 6.48. The van der Waals surface area contributed by atoms with Crippen molar-refractivity contribution in [3.8, 4) is 11.5 Å². The quantitative estimate of drug-likeness (QED) is 0.442. The maximum atomic E-state index is 13.0. The monoisotopic (exact) mass is 474 g/mol. The molecule has 0 unspecified atom stereocenters. The molecule has 0 bridgehead atoms. The van der Waals surface area contributed by atoms with Crippen LogP contribution in [-0.4, -0.2) is 66.4 Å². The largest absolute Gasteiger partial charge is 0.493 e. The minimum absolute atomic E-state index is 0.252. The number of ether oxygens (including phenoxy) is 2. The molecule has 5 amide bonds. The first-order valence-corrected chi connectivity index (χ1v) is 11.7. The minimum Gasteiger partial charge on any atom is -0.493 e. The third-order valence-electron chi connectivity index (χ3n) is 6.48. The van der Waals surface area contributed by atoms with Gasteiger partial charge in [-0.3, -0.25) is 30.1 Å². The Balaban J connectivity index is 1.56. The number of benzene rings is 1. The molecular formula is C24H34N4O6. The van der Waals surface area contributed by atoms with E-state index in [1.54, 1.807) is 19.2 Å². The molecule has 1 aliphatic carbocycles. The number of hydrogen-bond acceptors (Lipinski definition) is 6. The second kappa shape index (κ2) is 10.8. The number of carbonyl (C=O) groups is 4. The van der Waals surface area contributed by atoms with E-state index in [9.17, 15) is 19.2 Å². The van der Waals surface area contributed by atoms with Gasteiger partial charge in [0.25, 0.3) is 17.7 Å². The number of hydrazine groups is 1. The number of urea groups is 1. The van der Waals surface area contributed by atoms with Crippen molar-refractivity contribution in [2.24, 2.45) is 5.92 Å². The topological polar surface area (TPSA) is 117 Å². The summed E-state index contributed by atoms with van der Waals surface area (Å²) in [7, 11) is 3.09. The van der Waals surface area contributed by atoms with Crippen molar-refractivity contribution >= 4 is 23.8 Å². The average Bonchev–Trinajstić information content (AvgIpc) is 2.99. The lowest BCUT2D eigenvalue weighted by molar-refractivity contribution is -0.137. The molecule has 1 aromatic rings. The third kappa shape index (κ3) is 5.26. The van der Waals surface area contributed by atoms with Gasteiger partial charge in [0.05, 0.1) is 13.7 Å². The van der Waals surface area contributed by atoms with Crippen LogP contribution in [-0.2, 0) is 9.59 Å². The lowest BCUT2D eigenvalue weighted by Gasteiger charge is -2.35. The van der Waals surface area contributed by atoms with Crippen molar-refractivity contribution in [1.82, 2.24) is 20.7 Å². The predicted molar refractivity (Wildman–Crippen MR) is 124 cm³/mol. The number of imide groups is 1. The summed E-state index contributed by atoms with van der Waals surface area (Å²) >= 11 is 0. The number of amides is 5. The van der Waals surface area contributed by atoms with E-state index in [4.69, 9.17) is 9.47 Å². The van der Waals surface area contributed by atoms with Crippen molar-refractivity contribution < 1.29 is 28.7 Å². The van der Waals surface area contributed by atoms with E-state index in [-0.39, 0.29) is 11.5 Å². The average molecular weight is 475 g/mol. The number of hydrogen-bond donors (Lipinski definition) is 2. The fourth-order valence-electron chi connectivity index (χ4n) is 4.39. The normalized spacial score (nSPS) is 17.3. The summed E-state index contributed by atoms with van der Waals surface area (Å²) in [5.41, 5.74) is 3.99. The molecular weight excluding hydrogens is 440 g/mol. The van der Waals surface area contributed by atoms with E-state index in [2.05, 4.69) is 24.7 Å². The van der Waals surface area contributed by atoms with Gasteiger partial charge < -0.3 is 14.4 Å². The number of carbonyl (C=O) groups excluding carboxylic acids is 4. The van der Waals surface area contributed by atoms with Gasteiger partial charge in [0.15, 0.2) is 11.5 Å². The summed E-state index contributed by atoms with van der Waals surface area (Å²) in [6.45, 7) is 4.27. The second-order valence-electron chi connectivity index (χ2n) is 9.22. The van der Waals surface area contributed by atoms with Crippen LogP contribution in [0.4, 0.5) is 4.79 Å². The number of methoxy groups -OCH3 is 1. The van der Waals surface area contributed by atoms with E-state index in [0.717, 1.165) is 30.6 Å². The SMILES string of the molecule is COc1cc(C(=O)NNC(=O)CN2C(=O)N(C)C3(CCCCC3)C2=O)ccc1OCCC(C)C. The van der Waals surface area contributed by atoms with E-state index in [1.807, 2.05) is 0 Å². The molecule has 1 heterocycles. The van der Waals surface area contributed by atoms with Crippen molar-refractivity contribution in [2.45, 2.75) is 57.9 Å². The molecule has 3 rings (SSSR count). The fraction of sp³-hybridized carbons (Fsp3) is 0.583. The zero-order chi connectivity index (χ0) is 24.9. The van der Waals surface area contributed by atoms with Gasteiger partial charge in [0.1, 0.15) is 12.1 Å². The Bertz CT molecular complexity index is 941. The van der Waals surface area contributed by atoms with Crippen LogP contribution in [0.2, 0.25) is 0 Å². The van der Waals surface area contributed by atoms with Crippen LogP contribution < -0.4 is 20.3 Å². The summed E-state index contributed by atoms with van der Waals surface area (Å²) in [6.07, 6.45) is 4.84. The van der Waals surface area contributed by atoms with Gasteiger partial charge in [-0.25, -0.2) is 4.79 Å². The Hall–Kier alpha value is -3.30. The molecule has 1 saturated carbocycles. The Morgan fingerprint density at radius 3 is 2.44 bits per heavy atom. The Morgan fingerprint density at radius 1 is 1.09 bits per heavy atom. The van der Waals surface area contributed by atoms with Crippen LogP contribution in [0, 0.1) is 5.92 Å². The molecule has 1 spiro atoms. The molecule has 1 saturated heterocycles. The maximum absolute atomic E-state index is 13.0. The molecule has 2 aliphatic rings. The van der Waals surface area contributed by atoms with E-state index in [0.29, 0.717) is 36.9 Å². The lowest BCUT2D eigenvalue weighted by Crippen LogP contribution is -2.50. The van der Waals surface area contributed by atoms with Gasteiger partial charge in [-0.2, -0.15) is 0 Å². The van der Waals surface area contributed by atoms with Crippen molar-refractivity contribution in [2.75, 3.05) is 27.3 Å². The molecule has 186 valence electrons. The lowest BCUT2D eigenvalue weighted by atomic mass is 9.81. The predicted octanol–water partition coefficient (Wildman–Crippen LogP) is 2.48. The maximum Gasteiger partial charge on any atom is 0.327 e. The van der Waals surface area contributed by atoms with Gasteiger partial charge in [-0.1, -0.05) is 33.1 Å². The summed E-state index contributed by atoms with van der Waals surface area (Å²) < 4.78 is 11.0.